The highest BCUT2D eigenvalue weighted by molar-refractivity contribution is 7.07. The Morgan fingerprint density at radius 1 is 1.02 bits per heavy atom. The number of aryl methyl sites for hydroxylation is 1. The molecule has 1 aliphatic heterocycles. The molecule has 252 valence electrons. The Bertz CT molecular complexity index is 1550. The lowest BCUT2D eigenvalue weighted by Crippen LogP contribution is -2.55. The summed E-state index contributed by atoms with van der Waals surface area (Å²) in [6.45, 7) is 6.55. The fourth-order valence-corrected chi connectivity index (χ4v) is 6.70. The number of nitrogens with zero attached hydrogens (tertiary/aromatic N) is 6. The second-order valence-electron chi connectivity index (χ2n) is 12.3. The molecule has 0 radical (unpaired) electrons. The maximum atomic E-state index is 15.7. The van der Waals surface area contributed by atoms with Crippen molar-refractivity contribution in [3.05, 3.63) is 58.6 Å². The van der Waals surface area contributed by atoms with Gasteiger partial charge in [-0.05, 0) is 68.0 Å². The fraction of sp³-hybridized carbons (Fsp3) is 0.531. The predicted molar refractivity (Wildman–Crippen MR) is 174 cm³/mol. The number of rotatable bonds is 11. The summed E-state index contributed by atoms with van der Waals surface area (Å²) in [4.78, 5) is 57.7. The van der Waals surface area contributed by atoms with Crippen molar-refractivity contribution in [3.63, 3.8) is 0 Å². The van der Waals surface area contributed by atoms with Gasteiger partial charge < -0.3 is 25.8 Å². The number of amides is 4. The lowest BCUT2D eigenvalue weighted by molar-refractivity contribution is -0.135. The predicted octanol–water partition coefficient (Wildman–Crippen LogP) is 2.89. The highest BCUT2D eigenvalue weighted by Gasteiger charge is 2.35. The first-order valence-corrected chi connectivity index (χ1v) is 16.9. The summed E-state index contributed by atoms with van der Waals surface area (Å²) in [5.41, 5.74) is 0.784. The smallest absolute Gasteiger partial charge is 0.270 e. The number of carbonyl (C=O) groups is 4. The van der Waals surface area contributed by atoms with Gasteiger partial charge >= 0.3 is 0 Å². The minimum Gasteiger partial charge on any atom is -0.339 e. The van der Waals surface area contributed by atoms with Crippen LogP contribution in [0, 0.1) is 11.7 Å². The molecule has 2 aromatic heterocycles. The van der Waals surface area contributed by atoms with Gasteiger partial charge in [0.15, 0.2) is 0 Å². The van der Waals surface area contributed by atoms with Crippen LogP contribution in [-0.4, -0.2) is 98.1 Å². The average molecular weight is 668 g/mol. The van der Waals surface area contributed by atoms with E-state index in [1.807, 2.05) is 14.0 Å². The summed E-state index contributed by atoms with van der Waals surface area (Å²) in [5.74, 6) is -3.04. The Morgan fingerprint density at radius 2 is 1.77 bits per heavy atom. The van der Waals surface area contributed by atoms with Gasteiger partial charge in [0.05, 0.1) is 11.9 Å². The van der Waals surface area contributed by atoms with Crippen molar-refractivity contribution in [2.24, 2.45) is 5.92 Å². The van der Waals surface area contributed by atoms with E-state index in [1.165, 1.54) is 24.5 Å². The zero-order chi connectivity index (χ0) is 33.5. The third kappa shape index (κ3) is 8.19. The van der Waals surface area contributed by atoms with Crippen LogP contribution in [0.2, 0.25) is 0 Å². The van der Waals surface area contributed by atoms with Crippen LogP contribution in [-0.2, 0) is 16.1 Å². The monoisotopic (exact) mass is 667 g/mol. The first-order valence-electron chi connectivity index (χ1n) is 16.1. The van der Waals surface area contributed by atoms with Gasteiger partial charge in [-0.1, -0.05) is 36.7 Å². The fourth-order valence-electron chi connectivity index (χ4n) is 6.28. The van der Waals surface area contributed by atoms with E-state index >= 15 is 4.39 Å². The van der Waals surface area contributed by atoms with Gasteiger partial charge in [-0.3, -0.25) is 23.9 Å². The number of hydrogen-bond donors (Lipinski definition) is 3. The molecule has 0 spiro atoms. The second-order valence-corrected chi connectivity index (χ2v) is 13.0. The SMILES string of the molecule is CCn1nccc1C(=O)NC(C(=O)Nc1ccc([C@H](C)[C@@H](NC(=O)c2cnns2)C(=O)N2CCN(C)CC2)cc1F)C1CCCCC1. The van der Waals surface area contributed by atoms with E-state index in [0.717, 1.165) is 43.6 Å². The van der Waals surface area contributed by atoms with Crippen LogP contribution < -0.4 is 16.0 Å². The molecule has 3 heterocycles. The Morgan fingerprint density at radius 3 is 2.43 bits per heavy atom. The lowest BCUT2D eigenvalue weighted by atomic mass is 9.83. The van der Waals surface area contributed by atoms with E-state index in [1.54, 1.807) is 28.6 Å². The van der Waals surface area contributed by atoms with Gasteiger partial charge in [0.25, 0.3) is 11.8 Å². The number of anilines is 1. The van der Waals surface area contributed by atoms with Crippen LogP contribution in [0.3, 0.4) is 0 Å². The molecular formula is C32H42FN9O4S. The van der Waals surface area contributed by atoms with Crippen molar-refractivity contribution in [2.75, 3.05) is 38.5 Å². The molecule has 2 aliphatic rings. The Hall–Kier alpha value is -4.24. The Labute approximate surface area is 277 Å². The molecule has 3 atom stereocenters. The maximum absolute atomic E-state index is 15.7. The summed E-state index contributed by atoms with van der Waals surface area (Å²) in [6.07, 6.45) is 7.38. The van der Waals surface area contributed by atoms with Gasteiger partial charge in [-0.15, -0.1) is 5.10 Å². The molecule has 0 bridgehead atoms. The maximum Gasteiger partial charge on any atom is 0.270 e. The number of benzene rings is 1. The first-order chi connectivity index (χ1) is 22.7. The molecule has 4 amide bonds. The minimum atomic E-state index is -0.977. The van der Waals surface area contributed by atoms with Gasteiger partial charge in [0.2, 0.25) is 11.8 Å². The molecule has 1 aromatic carbocycles. The van der Waals surface area contributed by atoms with E-state index in [2.05, 4.69) is 35.5 Å². The first kappa shape index (κ1) is 34.1. The number of piperazine rings is 1. The zero-order valence-corrected chi connectivity index (χ0v) is 27.8. The molecule has 47 heavy (non-hydrogen) atoms. The molecule has 1 saturated carbocycles. The third-order valence-electron chi connectivity index (χ3n) is 9.17. The minimum absolute atomic E-state index is 0.0404. The second kappa shape index (κ2) is 15.6. The van der Waals surface area contributed by atoms with E-state index in [4.69, 9.17) is 0 Å². The topological polar surface area (TPSA) is 154 Å². The molecule has 1 aliphatic carbocycles. The number of likely N-dealkylation sites (N-methyl/N-ethyl adjacent to an activating group) is 1. The molecular weight excluding hydrogens is 625 g/mol. The van der Waals surface area contributed by atoms with Crippen molar-refractivity contribution < 1.29 is 23.6 Å². The third-order valence-corrected chi connectivity index (χ3v) is 9.83. The number of nitrogens with one attached hydrogen (secondary N) is 3. The summed E-state index contributed by atoms with van der Waals surface area (Å²) in [6, 6.07) is 4.14. The lowest BCUT2D eigenvalue weighted by Gasteiger charge is -2.36. The van der Waals surface area contributed by atoms with Gasteiger partial charge in [0.1, 0.15) is 28.5 Å². The zero-order valence-electron chi connectivity index (χ0n) is 26.9. The molecule has 1 saturated heterocycles. The number of aromatic nitrogens is 4. The summed E-state index contributed by atoms with van der Waals surface area (Å²) in [7, 11) is 1.98. The van der Waals surface area contributed by atoms with Crippen LogP contribution >= 0.6 is 11.5 Å². The van der Waals surface area contributed by atoms with E-state index < -0.39 is 41.5 Å². The molecule has 1 unspecified atom stereocenters. The van der Waals surface area contributed by atoms with Crippen LogP contribution in [0.25, 0.3) is 0 Å². The summed E-state index contributed by atoms with van der Waals surface area (Å²) >= 11 is 0.920. The van der Waals surface area contributed by atoms with Crippen molar-refractivity contribution in [3.8, 4) is 0 Å². The van der Waals surface area contributed by atoms with E-state index in [9.17, 15) is 19.2 Å². The van der Waals surface area contributed by atoms with Crippen molar-refractivity contribution >= 4 is 40.8 Å². The Kier molecular flexibility index (Phi) is 11.3. The van der Waals surface area contributed by atoms with E-state index in [0.29, 0.717) is 44.0 Å². The average Bonchev–Trinajstić information content (AvgIpc) is 3.80. The standard InChI is InChI=1S/C32H42FN9O4S/c1-4-42-25(12-13-35-42)29(43)38-28(21-8-6-5-7-9-21)31(45)36-24-11-10-22(18-23(24)33)20(2)27(37-30(44)26-19-34-39-47-26)32(46)41-16-14-40(3)15-17-41/h10-13,18-21,27-28H,4-9,14-17H2,1-3H3,(H,36,45)(H,37,44)(H,38,43)/t20-,27+,28?/m0/s1. The normalized spacial score (nSPS) is 17.8. The quantitative estimate of drug-likeness (QED) is 0.282. The largest absolute Gasteiger partial charge is 0.339 e. The van der Waals surface area contributed by atoms with Gasteiger partial charge in [0, 0.05) is 44.8 Å². The van der Waals surface area contributed by atoms with E-state index in [-0.39, 0.29) is 22.4 Å². The highest BCUT2D eigenvalue weighted by Crippen LogP contribution is 2.29. The Balaban J connectivity index is 1.33. The van der Waals surface area contributed by atoms with Gasteiger partial charge in [-0.2, -0.15) is 5.10 Å². The molecule has 2 fully saturated rings. The number of hydrogen-bond acceptors (Lipinski definition) is 9. The molecule has 13 nitrogen and oxygen atoms in total. The van der Waals surface area contributed by atoms with Crippen molar-refractivity contribution in [1.82, 2.24) is 39.8 Å². The van der Waals surface area contributed by atoms with Crippen LogP contribution in [0.15, 0.2) is 36.7 Å². The molecule has 3 N–H and O–H groups in total. The molecule has 5 rings (SSSR count). The van der Waals surface area contributed by atoms with Crippen molar-refractivity contribution in [2.45, 2.75) is 70.5 Å². The number of halogens is 1. The van der Waals surface area contributed by atoms with Crippen LogP contribution in [0.4, 0.5) is 10.1 Å². The van der Waals surface area contributed by atoms with Gasteiger partial charge in [-0.25, -0.2) is 4.39 Å². The molecule has 15 heteroatoms. The number of carbonyl (C=O) groups excluding carboxylic acids is 4. The highest BCUT2D eigenvalue weighted by atomic mass is 32.1. The summed E-state index contributed by atoms with van der Waals surface area (Å²) < 4.78 is 21.0. The van der Waals surface area contributed by atoms with Crippen molar-refractivity contribution in [1.29, 1.82) is 0 Å². The molecule has 3 aromatic rings. The van der Waals surface area contributed by atoms with Crippen LogP contribution in [0.5, 0.6) is 0 Å². The summed E-state index contributed by atoms with van der Waals surface area (Å²) in [5, 5.41) is 16.3. The van der Waals surface area contributed by atoms with Crippen LogP contribution in [0.1, 0.15) is 77.6 Å².